The molecule has 140 valence electrons. The van der Waals surface area contributed by atoms with Gasteiger partial charge in [-0.2, -0.15) is 0 Å². The molecule has 1 saturated heterocycles. The van der Waals surface area contributed by atoms with E-state index in [1.54, 1.807) is 11.3 Å². The van der Waals surface area contributed by atoms with Crippen LogP contribution >= 0.6 is 11.3 Å². The molecule has 0 radical (unpaired) electrons. The van der Waals surface area contributed by atoms with Crippen molar-refractivity contribution in [3.63, 3.8) is 0 Å². The monoisotopic (exact) mass is 376 g/mol. The van der Waals surface area contributed by atoms with Crippen LogP contribution in [0.3, 0.4) is 0 Å². The Hall–Kier alpha value is -1.99. The smallest absolute Gasteiger partial charge is 0.311 e. The largest absolute Gasteiger partial charge is 0.481 e. The minimum atomic E-state index is -0.880. The molecule has 2 heterocycles. The number of hydrogen-bond donors (Lipinski definition) is 2. The molecule has 0 spiro atoms. The molecule has 6 nitrogen and oxygen atoms in total. The molecule has 7 heteroatoms. The number of nitrogens with one attached hydrogen (secondary N) is 1. The lowest BCUT2D eigenvalue weighted by Crippen LogP contribution is -2.46. The van der Waals surface area contributed by atoms with Gasteiger partial charge in [-0.1, -0.05) is 12.1 Å². The van der Waals surface area contributed by atoms with Crippen LogP contribution in [0.5, 0.6) is 0 Å². The fourth-order valence-electron chi connectivity index (χ4n) is 3.17. The summed E-state index contributed by atoms with van der Waals surface area (Å²) in [6, 6.07) is 8.07. The molecule has 2 aromatic rings. The van der Waals surface area contributed by atoms with Crippen molar-refractivity contribution >= 4 is 33.4 Å². The predicted octanol–water partition coefficient (Wildman–Crippen LogP) is 3.01. The third kappa shape index (κ3) is 4.59. The van der Waals surface area contributed by atoms with Gasteiger partial charge in [-0.3, -0.25) is 9.59 Å². The van der Waals surface area contributed by atoms with E-state index in [-0.39, 0.29) is 12.5 Å². The van der Waals surface area contributed by atoms with E-state index < -0.39 is 11.4 Å². The molecule has 1 amide bonds. The summed E-state index contributed by atoms with van der Waals surface area (Å²) in [6.45, 7) is 1.05. The lowest BCUT2D eigenvalue weighted by molar-refractivity contribution is -0.154. The van der Waals surface area contributed by atoms with Crippen LogP contribution in [-0.4, -0.2) is 41.7 Å². The highest BCUT2D eigenvalue weighted by molar-refractivity contribution is 7.18. The number of carbonyl (C=O) groups excluding carboxylic acids is 1. The van der Waals surface area contributed by atoms with Crippen molar-refractivity contribution in [1.82, 2.24) is 10.3 Å². The van der Waals surface area contributed by atoms with Gasteiger partial charge in [0.15, 0.2) is 0 Å². The SMILES string of the molecule is O=C(CCCCc1nc2ccccc2s1)NCC1(C(=O)O)CCOCC1. The molecule has 1 aromatic carbocycles. The number of amides is 1. The number of aliphatic carboxylic acids is 1. The number of aromatic nitrogens is 1. The van der Waals surface area contributed by atoms with Gasteiger partial charge < -0.3 is 15.2 Å². The average molecular weight is 376 g/mol. The Morgan fingerprint density at radius 1 is 1.23 bits per heavy atom. The average Bonchev–Trinajstić information content (AvgIpc) is 3.07. The van der Waals surface area contributed by atoms with Gasteiger partial charge in [0.05, 0.1) is 20.6 Å². The summed E-state index contributed by atoms with van der Waals surface area (Å²) in [5.74, 6) is -0.932. The Morgan fingerprint density at radius 2 is 2.00 bits per heavy atom. The zero-order valence-corrected chi connectivity index (χ0v) is 15.5. The number of carboxylic acid groups (broad SMARTS) is 1. The number of carboxylic acids is 1. The lowest BCUT2D eigenvalue weighted by Gasteiger charge is -2.33. The van der Waals surface area contributed by atoms with Crippen LogP contribution in [0.15, 0.2) is 24.3 Å². The molecular weight excluding hydrogens is 352 g/mol. The molecule has 1 aromatic heterocycles. The van der Waals surface area contributed by atoms with Gasteiger partial charge in [0.1, 0.15) is 0 Å². The van der Waals surface area contributed by atoms with Crippen molar-refractivity contribution in [3.05, 3.63) is 29.3 Å². The molecular formula is C19H24N2O4S. The molecule has 0 unspecified atom stereocenters. The van der Waals surface area contributed by atoms with Gasteiger partial charge in [-0.05, 0) is 44.2 Å². The number of carbonyl (C=O) groups is 2. The number of para-hydroxylation sites is 1. The van der Waals surface area contributed by atoms with E-state index in [1.807, 2.05) is 18.2 Å². The Morgan fingerprint density at radius 3 is 2.73 bits per heavy atom. The number of nitrogens with zero attached hydrogens (tertiary/aromatic N) is 1. The lowest BCUT2D eigenvalue weighted by atomic mass is 9.80. The molecule has 2 N–H and O–H groups in total. The summed E-state index contributed by atoms with van der Waals surface area (Å²) in [5.41, 5.74) is 0.148. The molecule has 1 fully saturated rings. The first-order valence-electron chi connectivity index (χ1n) is 9.01. The third-order valence-electron chi connectivity index (χ3n) is 4.91. The normalized spacial score (nSPS) is 16.5. The van der Waals surface area contributed by atoms with Crippen molar-refractivity contribution in [1.29, 1.82) is 0 Å². The van der Waals surface area contributed by atoms with Crippen LogP contribution in [0.25, 0.3) is 10.2 Å². The van der Waals surface area contributed by atoms with E-state index in [9.17, 15) is 14.7 Å². The number of fused-ring (bicyclic) bond motifs is 1. The second-order valence-electron chi connectivity index (χ2n) is 6.76. The summed E-state index contributed by atoms with van der Waals surface area (Å²) >= 11 is 1.70. The molecule has 0 saturated carbocycles. The fourth-order valence-corrected chi connectivity index (χ4v) is 4.18. The highest BCUT2D eigenvalue weighted by atomic mass is 32.1. The topological polar surface area (TPSA) is 88.5 Å². The summed E-state index contributed by atoms with van der Waals surface area (Å²) in [5, 5.41) is 13.4. The molecule has 0 bridgehead atoms. The number of thiazole rings is 1. The van der Waals surface area contributed by atoms with Crippen LogP contribution in [-0.2, 0) is 20.7 Å². The molecule has 3 rings (SSSR count). The van der Waals surface area contributed by atoms with E-state index in [4.69, 9.17) is 4.74 Å². The number of unbranched alkanes of at least 4 members (excludes halogenated alkanes) is 1. The van der Waals surface area contributed by atoms with Crippen LogP contribution in [0.4, 0.5) is 0 Å². The Bertz CT molecular complexity index is 735. The van der Waals surface area contributed by atoms with Gasteiger partial charge in [0.25, 0.3) is 0 Å². The van der Waals surface area contributed by atoms with Gasteiger partial charge >= 0.3 is 5.97 Å². The van der Waals surface area contributed by atoms with Crippen molar-refractivity contribution in [2.45, 2.75) is 38.5 Å². The van der Waals surface area contributed by atoms with Crippen LogP contribution in [0, 0.1) is 5.41 Å². The maximum Gasteiger partial charge on any atom is 0.311 e. The van der Waals surface area contributed by atoms with Crippen molar-refractivity contribution in [2.24, 2.45) is 5.41 Å². The van der Waals surface area contributed by atoms with Gasteiger partial charge in [0, 0.05) is 26.2 Å². The standard InChI is InChI=1S/C19H24N2O4S/c22-16(20-13-19(18(23)24)9-11-25-12-10-19)7-3-4-8-17-21-14-5-1-2-6-15(14)26-17/h1-2,5-6H,3-4,7-13H2,(H,20,22)(H,23,24). The van der Waals surface area contributed by atoms with E-state index in [0.29, 0.717) is 32.5 Å². The van der Waals surface area contributed by atoms with Gasteiger partial charge in [-0.25, -0.2) is 4.98 Å². The second-order valence-corrected chi connectivity index (χ2v) is 7.87. The fraction of sp³-hybridized carbons (Fsp3) is 0.526. The number of ether oxygens (including phenoxy) is 1. The Labute approximate surface area is 156 Å². The summed E-state index contributed by atoms with van der Waals surface area (Å²) in [4.78, 5) is 28.2. The maximum absolute atomic E-state index is 12.1. The predicted molar refractivity (Wildman–Crippen MR) is 100 cm³/mol. The molecule has 1 aliphatic rings. The minimum Gasteiger partial charge on any atom is -0.481 e. The first kappa shape index (κ1) is 18.8. The van der Waals surface area contributed by atoms with Crippen molar-refractivity contribution < 1.29 is 19.4 Å². The zero-order valence-electron chi connectivity index (χ0n) is 14.7. The summed E-state index contributed by atoms with van der Waals surface area (Å²) < 4.78 is 6.43. The van der Waals surface area contributed by atoms with Crippen LogP contribution in [0.1, 0.15) is 37.1 Å². The highest BCUT2D eigenvalue weighted by Crippen LogP contribution is 2.30. The summed E-state index contributed by atoms with van der Waals surface area (Å²) in [7, 11) is 0. The first-order valence-corrected chi connectivity index (χ1v) is 9.83. The molecule has 26 heavy (non-hydrogen) atoms. The minimum absolute atomic E-state index is 0.0820. The van der Waals surface area contributed by atoms with Gasteiger partial charge in [-0.15, -0.1) is 11.3 Å². The Kier molecular flexibility index (Phi) is 6.21. The molecule has 0 atom stereocenters. The number of aryl methyl sites for hydroxylation is 1. The quantitative estimate of drug-likeness (QED) is 0.692. The van der Waals surface area contributed by atoms with E-state index >= 15 is 0 Å². The van der Waals surface area contributed by atoms with Crippen molar-refractivity contribution in [3.8, 4) is 0 Å². The Balaban J connectivity index is 1.39. The number of hydrogen-bond acceptors (Lipinski definition) is 5. The molecule has 0 aliphatic carbocycles. The van der Waals surface area contributed by atoms with Crippen LogP contribution < -0.4 is 5.32 Å². The number of benzene rings is 1. The van der Waals surface area contributed by atoms with E-state index in [1.165, 1.54) is 4.70 Å². The maximum atomic E-state index is 12.1. The van der Waals surface area contributed by atoms with Gasteiger partial charge in [0.2, 0.25) is 5.91 Å². The highest BCUT2D eigenvalue weighted by Gasteiger charge is 2.40. The summed E-state index contributed by atoms with van der Waals surface area (Å²) in [6.07, 6.45) is 3.83. The van der Waals surface area contributed by atoms with E-state index in [0.717, 1.165) is 29.8 Å². The first-order chi connectivity index (χ1) is 12.6. The zero-order chi connectivity index (χ0) is 18.4. The van der Waals surface area contributed by atoms with Crippen LogP contribution in [0.2, 0.25) is 0 Å². The third-order valence-corrected chi connectivity index (χ3v) is 6.01. The van der Waals surface area contributed by atoms with E-state index in [2.05, 4.69) is 16.4 Å². The van der Waals surface area contributed by atoms with Crippen molar-refractivity contribution in [2.75, 3.05) is 19.8 Å². The molecule has 1 aliphatic heterocycles. The second kappa shape index (κ2) is 8.60. The number of rotatable bonds is 8.